The third-order valence-corrected chi connectivity index (χ3v) is 2.03. The van der Waals surface area contributed by atoms with Crippen molar-refractivity contribution in [1.29, 1.82) is 0 Å². The smallest absolute Gasteiger partial charge is 0.173 e. The van der Waals surface area contributed by atoms with Gasteiger partial charge in [0.1, 0.15) is 0 Å². The molecule has 3 heteroatoms. The molecule has 11 heavy (non-hydrogen) atoms. The fourth-order valence-corrected chi connectivity index (χ4v) is 1.34. The van der Waals surface area contributed by atoms with Crippen molar-refractivity contribution in [2.75, 3.05) is 0 Å². The summed E-state index contributed by atoms with van der Waals surface area (Å²) in [6, 6.07) is 1.68. The fourth-order valence-electron chi connectivity index (χ4n) is 0.807. The first-order valence-corrected chi connectivity index (χ1v) is 3.97. The third kappa shape index (κ3) is 1.86. The van der Waals surface area contributed by atoms with Gasteiger partial charge in [0, 0.05) is 18.0 Å². The van der Waals surface area contributed by atoms with Crippen LogP contribution in [0, 0.1) is 12.3 Å². The van der Waals surface area contributed by atoms with E-state index in [1.54, 1.807) is 6.26 Å². The van der Waals surface area contributed by atoms with Gasteiger partial charge in [-0.05, 0) is 22.0 Å². The van der Waals surface area contributed by atoms with E-state index in [0.29, 0.717) is 11.1 Å². The molecule has 1 aromatic rings. The molecule has 58 valence electrons. The maximum Gasteiger partial charge on any atom is 0.173 e. The van der Waals surface area contributed by atoms with Crippen molar-refractivity contribution in [3.05, 3.63) is 22.6 Å². The average Bonchev–Trinajstić information content (AvgIpc) is 2.36. The minimum atomic E-state index is -0.131. The summed E-state index contributed by atoms with van der Waals surface area (Å²) in [6.45, 7) is 0. The van der Waals surface area contributed by atoms with E-state index in [0.717, 1.165) is 5.56 Å². The van der Waals surface area contributed by atoms with Crippen LogP contribution in [-0.2, 0) is 0 Å². The molecule has 0 bridgehead atoms. The maximum atomic E-state index is 5.72. The van der Waals surface area contributed by atoms with Crippen LogP contribution in [-0.4, -0.2) is 0 Å². The summed E-state index contributed by atoms with van der Waals surface area (Å²) in [4.78, 5) is 0. The van der Waals surface area contributed by atoms with Crippen LogP contribution in [0.5, 0.6) is 0 Å². The number of furan rings is 1. The number of hydrogen-bond donors (Lipinski definition) is 1. The van der Waals surface area contributed by atoms with Gasteiger partial charge in [-0.1, -0.05) is 0 Å². The lowest BCUT2D eigenvalue weighted by Gasteiger charge is -2.03. The molecule has 0 saturated heterocycles. The molecule has 0 amide bonds. The van der Waals surface area contributed by atoms with Crippen LogP contribution >= 0.6 is 15.9 Å². The lowest BCUT2D eigenvalue weighted by atomic mass is 10.1. The van der Waals surface area contributed by atoms with Crippen LogP contribution in [0.2, 0.25) is 0 Å². The molecule has 0 aliphatic rings. The van der Waals surface area contributed by atoms with Crippen LogP contribution in [0.25, 0.3) is 0 Å². The van der Waals surface area contributed by atoms with Crippen molar-refractivity contribution in [3.63, 3.8) is 0 Å². The Balaban J connectivity index is 2.77. The second-order valence-electron chi connectivity index (χ2n) is 2.16. The minimum Gasteiger partial charge on any atom is -0.457 e. The summed E-state index contributed by atoms with van der Waals surface area (Å²) in [5.74, 6) is 2.50. The van der Waals surface area contributed by atoms with Crippen molar-refractivity contribution in [1.82, 2.24) is 0 Å². The predicted molar refractivity (Wildman–Crippen MR) is 46.8 cm³/mol. The Hall–Kier alpha value is -0.720. The number of hydrogen-bond acceptors (Lipinski definition) is 2. The standard InChI is InChI=1S/C8H8BrNO/c1-2-3-7(10)6-4-5-11-8(6)9/h1,4-5,7H,3,10H2. The van der Waals surface area contributed by atoms with Gasteiger partial charge in [-0.25, -0.2) is 0 Å². The lowest BCUT2D eigenvalue weighted by Crippen LogP contribution is -2.08. The second-order valence-corrected chi connectivity index (χ2v) is 2.88. The molecule has 2 nitrogen and oxygen atoms in total. The van der Waals surface area contributed by atoms with Gasteiger partial charge in [-0.15, -0.1) is 12.3 Å². The van der Waals surface area contributed by atoms with Gasteiger partial charge in [-0.2, -0.15) is 0 Å². The van der Waals surface area contributed by atoms with E-state index in [-0.39, 0.29) is 6.04 Å². The molecule has 0 radical (unpaired) electrons. The molecule has 0 fully saturated rings. The molecule has 1 rings (SSSR count). The number of halogens is 1. The third-order valence-electron chi connectivity index (χ3n) is 1.38. The highest BCUT2D eigenvalue weighted by atomic mass is 79.9. The molecular formula is C8H8BrNO. The molecule has 1 heterocycles. The SMILES string of the molecule is C#CCC(N)c1ccoc1Br. The molecule has 0 aliphatic carbocycles. The minimum absolute atomic E-state index is 0.131. The molecule has 0 spiro atoms. The van der Waals surface area contributed by atoms with Crippen LogP contribution in [0.3, 0.4) is 0 Å². The maximum absolute atomic E-state index is 5.72. The molecule has 1 atom stereocenters. The Morgan fingerprint density at radius 1 is 1.82 bits per heavy atom. The van der Waals surface area contributed by atoms with E-state index >= 15 is 0 Å². The predicted octanol–water partition coefficient (Wildman–Crippen LogP) is 2.07. The van der Waals surface area contributed by atoms with Crippen LogP contribution < -0.4 is 5.73 Å². The van der Waals surface area contributed by atoms with Crippen molar-refractivity contribution < 1.29 is 4.42 Å². The van der Waals surface area contributed by atoms with Crippen molar-refractivity contribution in [3.8, 4) is 12.3 Å². The van der Waals surface area contributed by atoms with E-state index in [4.69, 9.17) is 16.6 Å². The van der Waals surface area contributed by atoms with Gasteiger partial charge in [0.15, 0.2) is 4.67 Å². The Morgan fingerprint density at radius 3 is 3.00 bits per heavy atom. The molecule has 0 saturated carbocycles. The second kappa shape index (κ2) is 3.61. The Bertz CT molecular complexity index is 274. The first kappa shape index (κ1) is 8.38. The summed E-state index contributed by atoms with van der Waals surface area (Å²) < 4.78 is 5.67. The van der Waals surface area contributed by atoms with Crippen LogP contribution in [0.15, 0.2) is 21.4 Å². The van der Waals surface area contributed by atoms with Gasteiger partial charge < -0.3 is 10.2 Å². The quantitative estimate of drug-likeness (QED) is 0.765. The molecular weight excluding hydrogens is 206 g/mol. The zero-order chi connectivity index (χ0) is 8.27. The van der Waals surface area contributed by atoms with Gasteiger partial charge in [0.2, 0.25) is 0 Å². The first-order valence-electron chi connectivity index (χ1n) is 3.17. The zero-order valence-corrected chi connectivity index (χ0v) is 7.47. The van der Waals surface area contributed by atoms with Crippen molar-refractivity contribution in [2.45, 2.75) is 12.5 Å². The zero-order valence-electron chi connectivity index (χ0n) is 5.88. The highest BCUT2D eigenvalue weighted by Crippen LogP contribution is 2.24. The highest BCUT2D eigenvalue weighted by molar-refractivity contribution is 9.10. The first-order chi connectivity index (χ1) is 5.25. The van der Waals surface area contributed by atoms with Gasteiger partial charge in [0.25, 0.3) is 0 Å². The topological polar surface area (TPSA) is 39.2 Å². The Kier molecular flexibility index (Phi) is 2.75. The lowest BCUT2D eigenvalue weighted by molar-refractivity contribution is 0.532. The summed E-state index contributed by atoms with van der Waals surface area (Å²) >= 11 is 3.22. The molecule has 0 aliphatic heterocycles. The van der Waals surface area contributed by atoms with Crippen LogP contribution in [0.4, 0.5) is 0 Å². The fraction of sp³-hybridized carbons (Fsp3) is 0.250. The molecule has 1 unspecified atom stereocenters. The highest BCUT2D eigenvalue weighted by Gasteiger charge is 2.10. The van der Waals surface area contributed by atoms with E-state index in [1.165, 1.54) is 0 Å². The number of terminal acetylenes is 1. The summed E-state index contributed by atoms with van der Waals surface area (Å²) in [6.07, 6.45) is 7.21. The average molecular weight is 214 g/mol. The van der Waals surface area contributed by atoms with Crippen molar-refractivity contribution in [2.24, 2.45) is 5.73 Å². The molecule has 0 aromatic carbocycles. The normalized spacial score (nSPS) is 12.5. The van der Waals surface area contributed by atoms with E-state index in [9.17, 15) is 0 Å². The molecule has 1 aromatic heterocycles. The van der Waals surface area contributed by atoms with Gasteiger partial charge in [0.05, 0.1) is 6.26 Å². The summed E-state index contributed by atoms with van der Waals surface area (Å²) in [5.41, 5.74) is 6.64. The number of rotatable bonds is 2. The van der Waals surface area contributed by atoms with Gasteiger partial charge in [-0.3, -0.25) is 0 Å². The van der Waals surface area contributed by atoms with Crippen LogP contribution in [0.1, 0.15) is 18.0 Å². The van der Waals surface area contributed by atoms with E-state index < -0.39 is 0 Å². The summed E-state index contributed by atoms with van der Waals surface area (Å²) in [5, 5.41) is 0. The van der Waals surface area contributed by atoms with Gasteiger partial charge >= 0.3 is 0 Å². The van der Waals surface area contributed by atoms with Crippen molar-refractivity contribution >= 4 is 15.9 Å². The van der Waals surface area contributed by atoms with E-state index in [1.807, 2.05) is 6.07 Å². The largest absolute Gasteiger partial charge is 0.457 e. The number of nitrogens with two attached hydrogens (primary N) is 1. The molecule has 2 N–H and O–H groups in total. The summed E-state index contributed by atoms with van der Waals surface area (Å²) in [7, 11) is 0. The van der Waals surface area contributed by atoms with E-state index in [2.05, 4.69) is 21.9 Å². The Morgan fingerprint density at radius 2 is 2.55 bits per heavy atom. The monoisotopic (exact) mass is 213 g/mol. The Labute approximate surface area is 73.9 Å².